The van der Waals surface area contributed by atoms with Crippen LogP contribution in [0.2, 0.25) is 0 Å². The molecule has 0 aromatic carbocycles. The van der Waals surface area contributed by atoms with Gasteiger partial charge in [-0.25, -0.2) is 14.6 Å². The van der Waals surface area contributed by atoms with Gasteiger partial charge in [0.2, 0.25) is 0 Å². The van der Waals surface area contributed by atoms with Gasteiger partial charge in [0.15, 0.2) is 5.69 Å². The molecule has 0 saturated carbocycles. The number of aromatic nitrogens is 3. The SMILES string of the molecule is O=C(O)c1csc(CNC(=O)c2c[nH]c(=O)[nH]c2=O)n1. The van der Waals surface area contributed by atoms with Crippen LogP contribution in [0.15, 0.2) is 21.2 Å². The Morgan fingerprint density at radius 1 is 1.40 bits per heavy atom. The van der Waals surface area contributed by atoms with Gasteiger partial charge in [-0.2, -0.15) is 0 Å². The number of carbonyl (C=O) groups excluding carboxylic acids is 1. The molecular weight excluding hydrogens is 288 g/mol. The highest BCUT2D eigenvalue weighted by molar-refractivity contribution is 7.09. The molecular formula is C10H8N4O5S. The fourth-order valence-corrected chi connectivity index (χ4v) is 2.03. The molecule has 1 amide bonds. The lowest BCUT2D eigenvalue weighted by Crippen LogP contribution is -2.33. The minimum Gasteiger partial charge on any atom is -0.476 e. The summed E-state index contributed by atoms with van der Waals surface area (Å²) in [5.74, 6) is -1.86. The lowest BCUT2D eigenvalue weighted by molar-refractivity contribution is 0.0691. The van der Waals surface area contributed by atoms with Crippen molar-refractivity contribution < 1.29 is 14.7 Å². The predicted molar refractivity (Wildman–Crippen MR) is 67.9 cm³/mol. The Balaban J connectivity index is 2.06. The molecule has 4 N–H and O–H groups in total. The number of hydrogen-bond acceptors (Lipinski definition) is 6. The summed E-state index contributed by atoms with van der Waals surface area (Å²) in [5, 5.41) is 12.8. The van der Waals surface area contributed by atoms with Gasteiger partial charge in [-0.3, -0.25) is 14.6 Å². The molecule has 0 bridgehead atoms. The zero-order chi connectivity index (χ0) is 14.7. The first-order valence-electron chi connectivity index (χ1n) is 5.25. The number of nitrogens with one attached hydrogen (secondary N) is 3. The van der Waals surface area contributed by atoms with E-state index < -0.39 is 23.1 Å². The molecule has 10 heteroatoms. The maximum atomic E-state index is 11.7. The molecule has 0 spiro atoms. The smallest absolute Gasteiger partial charge is 0.355 e. The van der Waals surface area contributed by atoms with Gasteiger partial charge in [0.05, 0.1) is 6.54 Å². The van der Waals surface area contributed by atoms with Crippen LogP contribution in [0.4, 0.5) is 0 Å². The quantitative estimate of drug-likeness (QED) is 0.578. The highest BCUT2D eigenvalue weighted by atomic mass is 32.1. The average Bonchev–Trinajstić information content (AvgIpc) is 2.85. The minimum atomic E-state index is -1.16. The zero-order valence-electron chi connectivity index (χ0n) is 9.80. The summed E-state index contributed by atoms with van der Waals surface area (Å²) in [7, 11) is 0. The van der Waals surface area contributed by atoms with Crippen molar-refractivity contribution in [2.24, 2.45) is 0 Å². The third-order valence-electron chi connectivity index (χ3n) is 2.23. The Morgan fingerprint density at radius 3 is 2.75 bits per heavy atom. The second-order valence-electron chi connectivity index (χ2n) is 3.60. The number of thiazole rings is 1. The fourth-order valence-electron chi connectivity index (χ4n) is 1.32. The van der Waals surface area contributed by atoms with Crippen LogP contribution in [-0.4, -0.2) is 31.9 Å². The number of aromatic amines is 2. The van der Waals surface area contributed by atoms with Crippen LogP contribution in [-0.2, 0) is 6.54 Å². The number of carboxylic acid groups (broad SMARTS) is 1. The maximum Gasteiger partial charge on any atom is 0.355 e. The number of nitrogens with zero attached hydrogens (tertiary/aromatic N) is 1. The fraction of sp³-hybridized carbons (Fsp3) is 0.100. The third kappa shape index (κ3) is 2.98. The molecule has 2 heterocycles. The van der Waals surface area contributed by atoms with Crippen molar-refractivity contribution in [2.45, 2.75) is 6.54 Å². The summed E-state index contributed by atoms with van der Waals surface area (Å²) >= 11 is 1.07. The van der Waals surface area contributed by atoms with Crippen molar-refractivity contribution in [3.63, 3.8) is 0 Å². The molecule has 20 heavy (non-hydrogen) atoms. The molecule has 0 radical (unpaired) electrons. The topological polar surface area (TPSA) is 145 Å². The van der Waals surface area contributed by atoms with Crippen LogP contribution in [0.1, 0.15) is 25.9 Å². The van der Waals surface area contributed by atoms with Crippen molar-refractivity contribution in [3.05, 3.63) is 48.7 Å². The molecule has 0 aliphatic carbocycles. The summed E-state index contributed by atoms with van der Waals surface area (Å²) in [4.78, 5) is 52.4. The molecule has 0 atom stereocenters. The van der Waals surface area contributed by atoms with Crippen molar-refractivity contribution in [3.8, 4) is 0 Å². The van der Waals surface area contributed by atoms with Crippen molar-refractivity contribution >= 4 is 23.2 Å². The number of H-pyrrole nitrogens is 2. The summed E-state index contributed by atoms with van der Waals surface area (Å²) in [5.41, 5.74) is -1.88. The Labute approximate surface area is 114 Å². The Hall–Kier alpha value is -2.75. The number of carboxylic acids is 1. The van der Waals surface area contributed by atoms with Gasteiger partial charge in [0, 0.05) is 11.6 Å². The van der Waals surface area contributed by atoms with E-state index in [0.29, 0.717) is 5.01 Å². The number of carbonyl (C=O) groups is 2. The van der Waals surface area contributed by atoms with E-state index in [1.807, 2.05) is 4.98 Å². The monoisotopic (exact) mass is 296 g/mol. The standard InChI is InChI=1S/C10H8N4O5S/c15-7(4-1-12-10(19)14-8(4)16)11-2-6-13-5(3-20-6)9(17)18/h1,3H,2H2,(H,11,15)(H,17,18)(H2,12,14,16,19). The third-order valence-corrected chi connectivity index (χ3v) is 3.08. The molecule has 2 aromatic rings. The van der Waals surface area contributed by atoms with Crippen LogP contribution >= 0.6 is 11.3 Å². The number of rotatable bonds is 4. The van der Waals surface area contributed by atoms with E-state index >= 15 is 0 Å². The molecule has 0 unspecified atom stereocenters. The highest BCUT2D eigenvalue weighted by Crippen LogP contribution is 2.09. The van der Waals surface area contributed by atoms with Crippen LogP contribution < -0.4 is 16.6 Å². The van der Waals surface area contributed by atoms with Gasteiger partial charge >= 0.3 is 11.7 Å². The average molecular weight is 296 g/mol. The van der Waals surface area contributed by atoms with E-state index in [-0.39, 0.29) is 17.8 Å². The summed E-state index contributed by atoms with van der Waals surface area (Å²) in [6.07, 6.45) is 1.00. The first-order chi connectivity index (χ1) is 9.47. The first-order valence-corrected chi connectivity index (χ1v) is 6.13. The minimum absolute atomic E-state index is 0.0185. The summed E-state index contributed by atoms with van der Waals surface area (Å²) < 4.78 is 0. The van der Waals surface area contributed by atoms with Crippen molar-refractivity contribution in [1.29, 1.82) is 0 Å². The van der Waals surface area contributed by atoms with Gasteiger partial charge < -0.3 is 15.4 Å². The largest absolute Gasteiger partial charge is 0.476 e. The van der Waals surface area contributed by atoms with Crippen LogP contribution in [0.25, 0.3) is 0 Å². The van der Waals surface area contributed by atoms with Gasteiger partial charge in [0.1, 0.15) is 10.6 Å². The van der Waals surface area contributed by atoms with Crippen LogP contribution in [0, 0.1) is 0 Å². The Bertz CT molecular complexity index is 774. The second kappa shape index (κ2) is 5.48. The van der Waals surface area contributed by atoms with Crippen molar-refractivity contribution in [2.75, 3.05) is 0 Å². The summed E-state index contributed by atoms with van der Waals surface area (Å²) in [6.45, 7) is -0.0185. The molecule has 0 fully saturated rings. The van der Waals surface area contributed by atoms with E-state index in [2.05, 4.69) is 15.3 Å². The second-order valence-corrected chi connectivity index (χ2v) is 4.54. The van der Waals surface area contributed by atoms with Gasteiger partial charge in [-0.05, 0) is 0 Å². The van der Waals surface area contributed by atoms with Gasteiger partial charge in [-0.15, -0.1) is 11.3 Å². The number of amides is 1. The number of aromatic carboxylic acids is 1. The first kappa shape index (κ1) is 13.7. The van der Waals surface area contributed by atoms with Crippen LogP contribution in [0.3, 0.4) is 0 Å². The Morgan fingerprint density at radius 2 is 2.15 bits per heavy atom. The predicted octanol–water partition coefficient (Wildman–Crippen LogP) is -0.852. The maximum absolute atomic E-state index is 11.7. The van der Waals surface area contributed by atoms with E-state index in [9.17, 15) is 19.2 Å². The normalized spacial score (nSPS) is 10.2. The molecule has 2 rings (SSSR count). The molecule has 2 aromatic heterocycles. The van der Waals surface area contributed by atoms with E-state index in [0.717, 1.165) is 17.5 Å². The number of hydrogen-bond donors (Lipinski definition) is 4. The van der Waals surface area contributed by atoms with Crippen molar-refractivity contribution in [1.82, 2.24) is 20.3 Å². The van der Waals surface area contributed by atoms with Crippen LogP contribution in [0.5, 0.6) is 0 Å². The summed E-state index contributed by atoms with van der Waals surface area (Å²) in [6, 6.07) is 0. The van der Waals surface area contributed by atoms with E-state index in [1.54, 1.807) is 0 Å². The molecule has 9 nitrogen and oxygen atoms in total. The molecule has 0 aliphatic rings. The van der Waals surface area contributed by atoms with Gasteiger partial charge in [0.25, 0.3) is 11.5 Å². The van der Waals surface area contributed by atoms with Gasteiger partial charge in [-0.1, -0.05) is 0 Å². The Kier molecular flexibility index (Phi) is 3.75. The highest BCUT2D eigenvalue weighted by Gasteiger charge is 2.13. The molecule has 0 aliphatic heterocycles. The lowest BCUT2D eigenvalue weighted by Gasteiger charge is -2.01. The molecule has 104 valence electrons. The zero-order valence-corrected chi connectivity index (χ0v) is 10.6. The van der Waals surface area contributed by atoms with E-state index in [4.69, 9.17) is 5.11 Å². The van der Waals surface area contributed by atoms with E-state index in [1.165, 1.54) is 5.38 Å². The lowest BCUT2D eigenvalue weighted by atomic mass is 10.3. The molecule has 0 saturated heterocycles.